The second-order valence-corrected chi connectivity index (χ2v) is 7.86. The maximum absolute atomic E-state index is 12.2. The zero-order valence-corrected chi connectivity index (χ0v) is 17.6. The van der Waals surface area contributed by atoms with Crippen LogP contribution in [0.25, 0.3) is 11.1 Å². The number of nitrogens with zero attached hydrogens (tertiary/aromatic N) is 1. The van der Waals surface area contributed by atoms with Crippen molar-refractivity contribution in [3.05, 3.63) is 94.0 Å². The molecule has 5 heteroatoms. The van der Waals surface area contributed by atoms with E-state index in [1.807, 2.05) is 51.4 Å². The first-order chi connectivity index (χ1) is 14.2. The highest BCUT2D eigenvalue weighted by Gasteiger charge is 2.14. The van der Waals surface area contributed by atoms with Crippen LogP contribution in [-0.4, -0.2) is 30.8 Å². The van der Waals surface area contributed by atoms with Gasteiger partial charge in [-0.05, 0) is 79.0 Å². The molecule has 0 unspecified atom stereocenters. The van der Waals surface area contributed by atoms with E-state index in [0.29, 0.717) is 17.5 Å². The quantitative estimate of drug-likeness (QED) is 0.635. The van der Waals surface area contributed by atoms with Gasteiger partial charge < -0.3 is 16.4 Å². The third-order valence-corrected chi connectivity index (χ3v) is 5.08. The lowest BCUT2D eigenvalue weighted by atomic mass is 9.90. The van der Waals surface area contributed by atoms with Crippen LogP contribution in [0.1, 0.15) is 43.0 Å². The molecule has 0 aliphatic carbocycles. The van der Waals surface area contributed by atoms with Crippen molar-refractivity contribution in [3.63, 3.8) is 0 Å². The lowest BCUT2D eigenvalue weighted by Gasteiger charge is -2.15. The van der Waals surface area contributed by atoms with Crippen LogP contribution in [0.5, 0.6) is 0 Å². The summed E-state index contributed by atoms with van der Waals surface area (Å²) in [4.78, 5) is 25.7. The molecule has 0 heterocycles. The summed E-state index contributed by atoms with van der Waals surface area (Å²) in [7, 11) is 4.08. The van der Waals surface area contributed by atoms with Gasteiger partial charge in [0.05, 0.1) is 0 Å². The summed E-state index contributed by atoms with van der Waals surface area (Å²) < 4.78 is 0. The van der Waals surface area contributed by atoms with E-state index in [9.17, 15) is 9.59 Å². The van der Waals surface area contributed by atoms with Gasteiger partial charge in [0.15, 0.2) is 0 Å². The maximum atomic E-state index is 12.2. The largest absolute Gasteiger partial charge is 0.366 e. The van der Waals surface area contributed by atoms with Gasteiger partial charge in [0.25, 0.3) is 0 Å². The normalized spacial score (nSPS) is 10.9. The van der Waals surface area contributed by atoms with Crippen molar-refractivity contribution in [3.8, 4) is 11.1 Å². The molecule has 4 N–H and O–H groups in total. The molecule has 0 radical (unpaired) electrons. The van der Waals surface area contributed by atoms with Crippen LogP contribution < -0.4 is 11.5 Å². The van der Waals surface area contributed by atoms with E-state index >= 15 is 0 Å². The van der Waals surface area contributed by atoms with Gasteiger partial charge in [0, 0.05) is 17.7 Å². The van der Waals surface area contributed by atoms with Gasteiger partial charge in [0.2, 0.25) is 11.8 Å². The smallest absolute Gasteiger partial charge is 0.249 e. The molecule has 0 aliphatic rings. The van der Waals surface area contributed by atoms with Crippen molar-refractivity contribution < 1.29 is 9.59 Å². The van der Waals surface area contributed by atoms with Crippen molar-refractivity contribution in [1.82, 2.24) is 4.90 Å². The molecular formula is C25H27N3O2. The number of primary amides is 2. The van der Waals surface area contributed by atoms with E-state index in [0.717, 1.165) is 34.4 Å². The molecule has 0 saturated heterocycles. The minimum atomic E-state index is -0.469. The first-order valence-electron chi connectivity index (χ1n) is 9.80. The summed E-state index contributed by atoms with van der Waals surface area (Å²) in [5, 5.41) is 0. The van der Waals surface area contributed by atoms with E-state index in [2.05, 4.69) is 23.1 Å². The van der Waals surface area contributed by atoms with E-state index < -0.39 is 11.8 Å². The van der Waals surface area contributed by atoms with Gasteiger partial charge >= 0.3 is 0 Å². The molecule has 5 nitrogen and oxygen atoms in total. The van der Waals surface area contributed by atoms with Crippen LogP contribution in [0.2, 0.25) is 0 Å². The zero-order chi connectivity index (χ0) is 21.8. The predicted molar refractivity (Wildman–Crippen MR) is 120 cm³/mol. The Kier molecular flexibility index (Phi) is 6.33. The molecule has 2 amide bonds. The molecule has 154 valence electrons. The Bertz CT molecular complexity index is 1090. The number of benzene rings is 3. The second kappa shape index (κ2) is 8.93. The van der Waals surface area contributed by atoms with Gasteiger partial charge in [-0.1, -0.05) is 42.5 Å². The third-order valence-electron chi connectivity index (χ3n) is 5.08. The zero-order valence-electron chi connectivity index (χ0n) is 17.6. The van der Waals surface area contributed by atoms with E-state index in [-0.39, 0.29) is 0 Å². The Morgan fingerprint density at radius 3 is 2.13 bits per heavy atom. The van der Waals surface area contributed by atoms with Gasteiger partial charge in [-0.3, -0.25) is 9.59 Å². The number of rotatable bonds is 7. The summed E-state index contributed by atoms with van der Waals surface area (Å²) in [6.07, 6.45) is 0.626. The fourth-order valence-corrected chi connectivity index (χ4v) is 3.69. The molecule has 0 saturated carbocycles. The number of hydrogen-bond donors (Lipinski definition) is 2. The Morgan fingerprint density at radius 1 is 0.867 bits per heavy atom. The van der Waals surface area contributed by atoms with Gasteiger partial charge in [-0.15, -0.1) is 0 Å². The van der Waals surface area contributed by atoms with Gasteiger partial charge in [-0.25, -0.2) is 0 Å². The first kappa shape index (κ1) is 21.3. The summed E-state index contributed by atoms with van der Waals surface area (Å²) >= 11 is 0. The third kappa shape index (κ3) is 4.93. The number of carbonyl (C=O) groups is 2. The highest BCUT2D eigenvalue weighted by atomic mass is 16.1. The SMILES string of the molecule is Cc1cc(Cc2cccc(CN(C)C)c2)c(C(N)=O)cc1-c1ccc(C(N)=O)cc1. The summed E-state index contributed by atoms with van der Waals surface area (Å²) in [5.74, 6) is -0.924. The fraction of sp³-hybridized carbons (Fsp3) is 0.200. The molecule has 3 rings (SSSR count). The van der Waals surface area contributed by atoms with E-state index in [1.165, 1.54) is 5.56 Å². The molecule has 0 bridgehead atoms. The van der Waals surface area contributed by atoms with Crippen LogP contribution in [0, 0.1) is 6.92 Å². The molecule has 0 spiro atoms. The lowest BCUT2D eigenvalue weighted by Crippen LogP contribution is -2.15. The average Bonchev–Trinajstić information content (AvgIpc) is 2.67. The van der Waals surface area contributed by atoms with Crippen LogP contribution in [0.3, 0.4) is 0 Å². The topological polar surface area (TPSA) is 89.4 Å². The fourth-order valence-electron chi connectivity index (χ4n) is 3.69. The second-order valence-electron chi connectivity index (χ2n) is 7.86. The molecule has 0 aliphatic heterocycles. The van der Waals surface area contributed by atoms with Crippen molar-refractivity contribution in [1.29, 1.82) is 0 Å². The van der Waals surface area contributed by atoms with Crippen LogP contribution in [0.4, 0.5) is 0 Å². The number of aryl methyl sites for hydroxylation is 1. The summed E-state index contributed by atoms with van der Waals surface area (Å²) in [5.41, 5.74) is 18.1. The molecule has 3 aromatic carbocycles. The highest BCUT2D eigenvalue weighted by Crippen LogP contribution is 2.28. The molecule has 0 aromatic heterocycles. The summed E-state index contributed by atoms with van der Waals surface area (Å²) in [6.45, 7) is 2.86. The van der Waals surface area contributed by atoms with Gasteiger partial charge in [0.1, 0.15) is 0 Å². The summed E-state index contributed by atoms with van der Waals surface area (Å²) in [6, 6.07) is 19.3. The van der Waals surface area contributed by atoms with Crippen LogP contribution >= 0.6 is 0 Å². The van der Waals surface area contributed by atoms with Gasteiger partial charge in [-0.2, -0.15) is 0 Å². The number of hydrogen-bond acceptors (Lipinski definition) is 3. The minimum absolute atomic E-state index is 0.445. The standard InChI is InChI=1S/C25H27N3O2/c1-16-11-21(13-17-5-4-6-18(12-17)15-28(2)3)23(25(27)30)14-22(16)19-7-9-20(10-8-19)24(26)29/h4-12,14H,13,15H2,1-3H3,(H2,26,29)(H2,27,30). The van der Waals surface area contributed by atoms with Crippen molar-refractivity contribution in [2.45, 2.75) is 19.9 Å². The lowest BCUT2D eigenvalue weighted by molar-refractivity contribution is 0.0991. The Hall–Kier alpha value is -3.44. The van der Waals surface area contributed by atoms with E-state index in [4.69, 9.17) is 11.5 Å². The monoisotopic (exact) mass is 401 g/mol. The van der Waals surface area contributed by atoms with Crippen LogP contribution in [0.15, 0.2) is 60.7 Å². The van der Waals surface area contributed by atoms with E-state index in [1.54, 1.807) is 12.1 Å². The maximum Gasteiger partial charge on any atom is 0.249 e. The van der Waals surface area contributed by atoms with Crippen molar-refractivity contribution >= 4 is 11.8 Å². The van der Waals surface area contributed by atoms with Crippen LogP contribution in [-0.2, 0) is 13.0 Å². The number of carbonyl (C=O) groups excluding carboxylic acids is 2. The highest BCUT2D eigenvalue weighted by molar-refractivity contribution is 5.97. The first-order valence-corrected chi connectivity index (χ1v) is 9.80. The predicted octanol–water partition coefficient (Wildman–Crippen LogP) is 3.51. The number of nitrogens with two attached hydrogens (primary N) is 2. The van der Waals surface area contributed by atoms with Crippen molar-refractivity contribution in [2.75, 3.05) is 14.1 Å². The molecular weight excluding hydrogens is 374 g/mol. The Balaban J connectivity index is 1.98. The molecule has 30 heavy (non-hydrogen) atoms. The number of amides is 2. The minimum Gasteiger partial charge on any atom is -0.366 e. The Morgan fingerprint density at radius 2 is 1.53 bits per heavy atom. The Labute approximate surface area is 177 Å². The molecule has 0 fully saturated rings. The average molecular weight is 402 g/mol. The molecule has 0 atom stereocenters. The van der Waals surface area contributed by atoms with Crippen molar-refractivity contribution in [2.24, 2.45) is 11.5 Å². The molecule has 3 aromatic rings.